The van der Waals surface area contributed by atoms with Gasteiger partial charge in [0.05, 0.1) is 13.7 Å². The molecule has 142 valence electrons. The van der Waals surface area contributed by atoms with E-state index in [0.29, 0.717) is 13.0 Å². The maximum atomic E-state index is 12.5. The third-order valence-electron chi connectivity index (χ3n) is 3.99. The fourth-order valence-corrected chi connectivity index (χ4v) is 3.35. The number of aromatic nitrogens is 2. The molecule has 1 heterocycles. The Labute approximate surface area is 160 Å². The van der Waals surface area contributed by atoms with E-state index in [1.54, 1.807) is 7.11 Å². The second-order valence-corrected chi connectivity index (χ2v) is 6.99. The number of carbonyl (C=O) groups is 1. The number of likely N-dealkylation sites (N-methyl/N-ethyl adjacent to an activating group) is 1. The minimum Gasteiger partial charge on any atom is -0.497 e. The van der Waals surface area contributed by atoms with Crippen molar-refractivity contribution in [2.75, 3.05) is 38.7 Å². The van der Waals surface area contributed by atoms with Crippen molar-refractivity contribution in [1.82, 2.24) is 14.3 Å². The first-order chi connectivity index (χ1) is 12.6. The average Bonchev–Trinajstić information content (AvgIpc) is 3.10. The summed E-state index contributed by atoms with van der Waals surface area (Å²) in [6, 6.07) is 7.90. The summed E-state index contributed by atoms with van der Waals surface area (Å²) in [6.07, 6.45) is 2.59. The largest absolute Gasteiger partial charge is 0.497 e. The minimum absolute atomic E-state index is 0.140. The second kappa shape index (κ2) is 10.1. The Morgan fingerprint density at radius 1 is 1.23 bits per heavy atom. The van der Waals surface area contributed by atoms with Crippen LogP contribution in [0.15, 0.2) is 24.3 Å². The van der Waals surface area contributed by atoms with Gasteiger partial charge in [-0.25, -0.2) is 4.98 Å². The number of hydrogen-bond donors (Lipinski definition) is 0. The molecule has 0 aliphatic carbocycles. The van der Waals surface area contributed by atoms with Crippen LogP contribution in [0.1, 0.15) is 38.1 Å². The van der Waals surface area contributed by atoms with Gasteiger partial charge in [-0.05, 0) is 30.5 Å². The van der Waals surface area contributed by atoms with Crippen molar-refractivity contribution in [3.8, 4) is 5.75 Å². The Hall–Kier alpha value is -2.15. The smallest absolute Gasteiger partial charge is 0.242 e. The molecular weight excluding hydrogens is 348 g/mol. The van der Waals surface area contributed by atoms with Gasteiger partial charge in [0.25, 0.3) is 0 Å². The molecule has 0 aliphatic heterocycles. The van der Waals surface area contributed by atoms with E-state index in [0.717, 1.165) is 48.2 Å². The lowest BCUT2D eigenvalue weighted by Gasteiger charge is -2.24. The van der Waals surface area contributed by atoms with Gasteiger partial charge in [-0.3, -0.25) is 4.79 Å². The number of benzene rings is 1. The highest BCUT2D eigenvalue weighted by Crippen LogP contribution is 2.19. The van der Waals surface area contributed by atoms with E-state index in [1.807, 2.05) is 41.1 Å². The molecule has 0 fully saturated rings. The van der Waals surface area contributed by atoms with Crippen LogP contribution in [0.4, 0.5) is 5.13 Å². The Kier molecular flexibility index (Phi) is 7.84. The molecule has 0 unspecified atom stereocenters. The number of rotatable bonds is 10. The second-order valence-electron chi connectivity index (χ2n) is 6.26. The first kappa shape index (κ1) is 20.2. The number of amides is 1. The Balaban J connectivity index is 1.98. The van der Waals surface area contributed by atoms with Gasteiger partial charge in [0.15, 0.2) is 0 Å². The van der Waals surface area contributed by atoms with E-state index >= 15 is 0 Å². The zero-order chi connectivity index (χ0) is 18.9. The van der Waals surface area contributed by atoms with Crippen LogP contribution in [0.5, 0.6) is 5.75 Å². The van der Waals surface area contributed by atoms with Crippen LogP contribution in [0, 0.1) is 0 Å². The molecule has 2 aromatic rings. The van der Waals surface area contributed by atoms with Gasteiger partial charge in [0.1, 0.15) is 11.6 Å². The number of hydrogen-bond acceptors (Lipinski definition) is 6. The predicted molar refractivity (Wildman–Crippen MR) is 106 cm³/mol. The summed E-state index contributed by atoms with van der Waals surface area (Å²) < 4.78 is 9.69. The molecule has 1 aromatic heterocycles. The molecule has 1 amide bonds. The number of nitrogens with zero attached hydrogens (tertiary/aromatic N) is 4. The highest BCUT2D eigenvalue weighted by atomic mass is 32.1. The van der Waals surface area contributed by atoms with Crippen LogP contribution in [0.3, 0.4) is 0 Å². The van der Waals surface area contributed by atoms with Crippen LogP contribution < -0.4 is 9.64 Å². The van der Waals surface area contributed by atoms with Crippen LogP contribution in [-0.4, -0.2) is 54.0 Å². The SMILES string of the molecule is CCCN(CCC)C(=O)CN(C)c1nc(Cc2cccc(OC)c2)ns1. The number of ether oxygens (including phenoxy) is 1. The summed E-state index contributed by atoms with van der Waals surface area (Å²) in [5, 5.41) is 0.768. The third-order valence-corrected chi connectivity index (χ3v) is 4.86. The van der Waals surface area contributed by atoms with Crippen molar-refractivity contribution in [1.29, 1.82) is 0 Å². The summed E-state index contributed by atoms with van der Waals surface area (Å²) in [7, 11) is 3.55. The van der Waals surface area contributed by atoms with Crippen LogP contribution >= 0.6 is 11.5 Å². The van der Waals surface area contributed by atoms with Crippen molar-refractivity contribution >= 4 is 22.6 Å². The van der Waals surface area contributed by atoms with Crippen LogP contribution in [-0.2, 0) is 11.2 Å². The molecule has 0 saturated heterocycles. The molecule has 0 N–H and O–H groups in total. The summed E-state index contributed by atoms with van der Waals surface area (Å²) in [4.78, 5) is 20.9. The normalized spacial score (nSPS) is 10.6. The quantitative estimate of drug-likeness (QED) is 0.637. The molecule has 6 nitrogen and oxygen atoms in total. The topological polar surface area (TPSA) is 58.6 Å². The molecule has 7 heteroatoms. The van der Waals surface area contributed by atoms with E-state index in [2.05, 4.69) is 23.2 Å². The van der Waals surface area contributed by atoms with Crippen molar-refractivity contribution in [2.24, 2.45) is 0 Å². The fraction of sp³-hybridized carbons (Fsp3) is 0.526. The molecule has 2 rings (SSSR count). The fourth-order valence-electron chi connectivity index (χ4n) is 2.71. The van der Waals surface area contributed by atoms with Crippen molar-refractivity contribution < 1.29 is 9.53 Å². The first-order valence-electron chi connectivity index (χ1n) is 9.01. The Morgan fingerprint density at radius 2 is 1.96 bits per heavy atom. The lowest BCUT2D eigenvalue weighted by molar-refractivity contribution is -0.129. The molecule has 0 atom stereocenters. The molecule has 26 heavy (non-hydrogen) atoms. The van der Waals surface area contributed by atoms with Crippen LogP contribution in [0.25, 0.3) is 0 Å². The van der Waals surface area contributed by atoms with Gasteiger partial charge in [-0.1, -0.05) is 26.0 Å². The molecule has 0 spiro atoms. The summed E-state index contributed by atoms with van der Waals surface area (Å²) in [5.74, 6) is 1.73. The van der Waals surface area contributed by atoms with Gasteiger partial charge in [0, 0.05) is 38.1 Å². The zero-order valence-corrected chi connectivity index (χ0v) is 16.9. The zero-order valence-electron chi connectivity index (χ0n) is 16.1. The molecule has 1 aromatic carbocycles. The number of anilines is 1. The van der Waals surface area contributed by atoms with E-state index in [-0.39, 0.29) is 5.91 Å². The van der Waals surface area contributed by atoms with Gasteiger partial charge < -0.3 is 14.5 Å². The highest BCUT2D eigenvalue weighted by Gasteiger charge is 2.17. The average molecular weight is 377 g/mol. The van der Waals surface area contributed by atoms with Gasteiger partial charge >= 0.3 is 0 Å². The number of methoxy groups -OCH3 is 1. The molecule has 0 radical (unpaired) electrons. The van der Waals surface area contributed by atoms with E-state index in [4.69, 9.17) is 4.74 Å². The first-order valence-corrected chi connectivity index (χ1v) is 9.79. The third kappa shape index (κ3) is 5.69. The lowest BCUT2D eigenvalue weighted by Crippen LogP contribution is -2.39. The lowest BCUT2D eigenvalue weighted by atomic mass is 10.1. The van der Waals surface area contributed by atoms with Crippen molar-refractivity contribution in [3.05, 3.63) is 35.7 Å². The molecule has 0 aliphatic rings. The maximum Gasteiger partial charge on any atom is 0.242 e. The Bertz CT molecular complexity index is 698. The highest BCUT2D eigenvalue weighted by molar-refractivity contribution is 7.09. The molecule has 0 saturated carbocycles. The predicted octanol–water partition coefficient (Wildman–Crippen LogP) is 3.22. The van der Waals surface area contributed by atoms with E-state index in [9.17, 15) is 4.79 Å². The summed E-state index contributed by atoms with van der Waals surface area (Å²) in [5.41, 5.74) is 1.10. The minimum atomic E-state index is 0.140. The van der Waals surface area contributed by atoms with E-state index < -0.39 is 0 Å². The summed E-state index contributed by atoms with van der Waals surface area (Å²) in [6.45, 7) is 6.12. The Morgan fingerprint density at radius 3 is 2.62 bits per heavy atom. The van der Waals surface area contributed by atoms with Gasteiger partial charge in [0.2, 0.25) is 11.0 Å². The maximum absolute atomic E-state index is 12.5. The van der Waals surface area contributed by atoms with Crippen molar-refractivity contribution in [2.45, 2.75) is 33.1 Å². The summed E-state index contributed by atoms with van der Waals surface area (Å²) >= 11 is 1.33. The van der Waals surface area contributed by atoms with Gasteiger partial charge in [-0.15, -0.1) is 0 Å². The number of carbonyl (C=O) groups excluding carboxylic acids is 1. The van der Waals surface area contributed by atoms with Gasteiger partial charge in [-0.2, -0.15) is 4.37 Å². The van der Waals surface area contributed by atoms with Crippen LogP contribution in [0.2, 0.25) is 0 Å². The monoisotopic (exact) mass is 376 g/mol. The molecular formula is C19H28N4O2S. The van der Waals surface area contributed by atoms with Crippen molar-refractivity contribution in [3.63, 3.8) is 0 Å². The standard InChI is InChI=1S/C19H28N4O2S/c1-5-10-23(11-6-2)18(24)14-22(3)19-20-17(21-26-19)13-15-8-7-9-16(12-15)25-4/h7-9,12H,5-6,10-11,13-14H2,1-4H3. The van der Waals surface area contributed by atoms with E-state index in [1.165, 1.54) is 11.5 Å². The molecule has 0 bridgehead atoms.